The first-order valence-corrected chi connectivity index (χ1v) is 10.2. The fourth-order valence-corrected chi connectivity index (χ4v) is 3.38. The second-order valence-electron chi connectivity index (χ2n) is 7.45. The lowest BCUT2D eigenvalue weighted by atomic mass is 9.98. The number of hydrogen-bond acceptors (Lipinski definition) is 5. The lowest BCUT2D eigenvalue weighted by Gasteiger charge is -2.25. The summed E-state index contributed by atoms with van der Waals surface area (Å²) in [6, 6.07) is 10.8. The van der Waals surface area contributed by atoms with Crippen LogP contribution in [0, 0.1) is 15.9 Å². The van der Waals surface area contributed by atoms with Crippen LogP contribution in [-0.2, 0) is 4.79 Å². The minimum absolute atomic E-state index is 0.0961. The molecule has 0 fully saturated rings. The van der Waals surface area contributed by atoms with Crippen molar-refractivity contribution in [3.05, 3.63) is 75.6 Å². The van der Waals surface area contributed by atoms with Gasteiger partial charge < -0.3 is 10.2 Å². The van der Waals surface area contributed by atoms with Gasteiger partial charge in [-0.15, -0.1) is 0 Å². The van der Waals surface area contributed by atoms with Gasteiger partial charge in [-0.3, -0.25) is 14.9 Å². The standard InChI is InChI=1S/C22H24FN5O4/c1-3-11-24-22(30)26(2)14-21(29)27-20(16-5-4-6-18(12-16)28(31)32)13-19(25-27)15-7-9-17(23)10-8-15/h4-10,12,20H,3,11,13-14H2,1-2H3,(H,24,30). The van der Waals surface area contributed by atoms with Gasteiger partial charge in [0.25, 0.3) is 11.6 Å². The summed E-state index contributed by atoms with van der Waals surface area (Å²) in [5.74, 6) is -0.831. The zero-order chi connectivity index (χ0) is 23.3. The Hall–Kier alpha value is -3.82. The fraction of sp³-hybridized carbons (Fsp3) is 0.318. The summed E-state index contributed by atoms with van der Waals surface area (Å²) in [6.45, 7) is 2.19. The Labute approximate surface area is 184 Å². The topological polar surface area (TPSA) is 108 Å². The summed E-state index contributed by atoms with van der Waals surface area (Å²) in [4.78, 5) is 37.2. The number of nitro groups is 1. The molecule has 0 aliphatic carbocycles. The van der Waals surface area contributed by atoms with Crippen LogP contribution in [0.5, 0.6) is 0 Å². The minimum atomic E-state index is -0.588. The van der Waals surface area contributed by atoms with E-state index in [-0.39, 0.29) is 18.3 Å². The van der Waals surface area contributed by atoms with Crippen LogP contribution < -0.4 is 5.32 Å². The van der Waals surface area contributed by atoms with Gasteiger partial charge in [0.05, 0.1) is 16.7 Å². The molecular formula is C22H24FN5O4. The second kappa shape index (κ2) is 9.99. The SMILES string of the molecule is CCCNC(=O)N(C)CC(=O)N1N=C(c2ccc(F)cc2)CC1c1cccc([N+](=O)[O-])c1. The summed E-state index contributed by atoms with van der Waals surface area (Å²) in [5, 5.41) is 19.6. The van der Waals surface area contributed by atoms with Gasteiger partial charge in [-0.05, 0) is 29.7 Å². The highest BCUT2D eigenvalue weighted by molar-refractivity contribution is 6.03. The molecule has 2 aromatic carbocycles. The second-order valence-corrected chi connectivity index (χ2v) is 7.45. The van der Waals surface area contributed by atoms with Crippen molar-refractivity contribution in [3.63, 3.8) is 0 Å². The Kier molecular flexibility index (Phi) is 7.14. The maximum Gasteiger partial charge on any atom is 0.317 e. The Morgan fingerprint density at radius 1 is 1.28 bits per heavy atom. The average Bonchev–Trinajstić information content (AvgIpc) is 3.23. The van der Waals surface area contributed by atoms with E-state index in [9.17, 15) is 24.1 Å². The molecule has 1 aliphatic heterocycles. The maximum absolute atomic E-state index is 13.3. The van der Waals surface area contributed by atoms with Crippen LogP contribution >= 0.6 is 0 Å². The molecule has 0 saturated carbocycles. The number of hydrogen-bond donors (Lipinski definition) is 1. The largest absolute Gasteiger partial charge is 0.338 e. The van der Waals surface area contributed by atoms with E-state index >= 15 is 0 Å². The maximum atomic E-state index is 13.3. The van der Waals surface area contributed by atoms with Gasteiger partial charge >= 0.3 is 6.03 Å². The van der Waals surface area contributed by atoms with Crippen molar-refractivity contribution in [2.45, 2.75) is 25.8 Å². The zero-order valence-electron chi connectivity index (χ0n) is 17.8. The molecule has 3 amide bonds. The highest BCUT2D eigenvalue weighted by Gasteiger charge is 2.34. The Morgan fingerprint density at radius 2 is 2.00 bits per heavy atom. The quantitative estimate of drug-likeness (QED) is 0.524. The Bertz CT molecular complexity index is 1040. The number of nitro benzene ring substituents is 1. The molecule has 9 nitrogen and oxygen atoms in total. The average molecular weight is 441 g/mol. The molecule has 0 radical (unpaired) electrons. The van der Waals surface area contributed by atoms with Gasteiger partial charge in [-0.25, -0.2) is 14.2 Å². The highest BCUT2D eigenvalue weighted by Crippen LogP contribution is 2.34. The third kappa shape index (κ3) is 5.26. The van der Waals surface area contributed by atoms with Gasteiger partial charge in [-0.1, -0.05) is 31.2 Å². The highest BCUT2D eigenvalue weighted by atomic mass is 19.1. The van der Waals surface area contributed by atoms with Gasteiger partial charge in [0.15, 0.2) is 0 Å². The fourth-order valence-electron chi connectivity index (χ4n) is 3.38. The summed E-state index contributed by atoms with van der Waals surface area (Å²) in [7, 11) is 1.51. The van der Waals surface area contributed by atoms with Crippen molar-refractivity contribution < 1.29 is 18.9 Å². The third-order valence-electron chi connectivity index (χ3n) is 5.05. The molecule has 0 bridgehead atoms. The molecule has 0 aromatic heterocycles. The molecule has 10 heteroatoms. The third-order valence-corrected chi connectivity index (χ3v) is 5.05. The predicted octanol–water partition coefficient (Wildman–Crippen LogP) is 3.46. The molecule has 1 heterocycles. The summed E-state index contributed by atoms with van der Waals surface area (Å²) < 4.78 is 13.3. The first-order chi connectivity index (χ1) is 15.3. The number of non-ortho nitro benzene ring substituents is 1. The van der Waals surface area contributed by atoms with Crippen LogP contribution in [0.1, 0.15) is 36.9 Å². The van der Waals surface area contributed by atoms with Crippen LogP contribution in [0.4, 0.5) is 14.9 Å². The van der Waals surface area contributed by atoms with E-state index in [0.717, 1.165) is 6.42 Å². The van der Waals surface area contributed by atoms with Crippen molar-refractivity contribution in [2.75, 3.05) is 20.1 Å². The number of benzene rings is 2. The van der Waals surface area contributed by atoms with E-state index < -0.39 is 22.7 Å². The number of carbonyl (C=O) groups excluding carboxylic acids is 2. The first-order valence-electron chi connectivity index (χ1n) is 10.2. The van der Waals surface area contributed by atoms with Gasteiger partial charge in [0.2, 0.25) is 0 Å². The van der Waals surface area contributed by atoms with E-state index in [4.69, 9.17) is 0 Å². The zero-order valence-corrected chi connectivity index (χ0v) is 17.8. The lowest BCUT2D eigenvalue weighted by Crippen LogP contribution is -2.43. The number of carbonyl (C=O) groups is 2. The molecule has 3 rings (SSSR count). The van der Waals surface area contributed by atoms with Crippen molar-refractivity contribution in [1.29, 1.82) is 0 Å². The van der Waals surface area contributed by atoms with E-state index in [2.05, 4.69) is 10.4 Å². The number of amides is 3. The monoisotopic (exact) mass is 441 g/mol. The lowest BCUT2D eigenvalue weighted by molar-refractivity contribution is -0.384. The molecule has 0 spiro atoms. The number of nitrogens with zero attached hydrogens (tertiary/aromatic N) is 4. The molecule has 1 unspecified atom stereocenters. The van der Waals surface area contributed by atoms with Gasteiger partial charge in [0.1, 0.15) is 12.4 Å². The van der Waals surface area contributed by atoms with E-state index in [1.54, 1.807) is 24.3 Å². The molecule has 1 atom stereocenters. The number of likely N-dealkylation sites (N-methyl/N-ethyl adjacent to an activating group) is 1. The van der Waals surface area contributed by atoms with Gasteiger partial charge in [-0.2, -0.15) is 5.10 Å². The number of rotatable bonds is 7. The number of nitrogens with one attached hydrogen (secondary N) is 1. The molecule has 1 N–H and O–H groups in total. The Morgan fingerprint density at radius 3 is 2.66 bits per heavy atom. The number of urea groups is 1. The van der Waals surface area contributed by atoms with Crippen LogP contribution in [0.15, 0.2) is 53.6 Å². The van der Waals surface area contributed by atoms with Crippen LogP contribution in [0.2, 0.25) is 0 Å². The van der Waals surface area contributed by atoms with E-state index in [0.29, 0.717) is 29.8 Å². The van der Waals surface area contributed by atoms with Crippen molar-refractivity contribution >= 4 is 23.3 Å². The molecule has 168 valence electrons. The van der Waals surface area contributed by atoms with Crippen molar-refractivity contribution in [2.24, 2.45) is 5.10 Å². The van der Waals surface area contributed by atoms with E-state index in [1.807, 2.05) is 6.92 Å². The predicted molar refractivity (Wildman–Crippen MR) is 117 cm³/mol. The minimum Gasteiger partial charge on any atom is -0.338 e. The summed E-state index contributed by atoms with van der Waals surface area (Å²) in [5.41, 5.74) is 1.65. The summed E-state index contributed by atoms with van der Waals surface area (Å²) in [6.07, 6.45) is 1.06. The number of hydrazone groups is 1. The van der Waals surface area contributed by atoms with Crippen LogP contribution in [0.3, 0.4) is 0 Å². The molecule has 0 saturated heterocycles. The molecule has 2 aromatic rings. The normalized spacial score (nSPS) is 15.3. The van der Waals surface area contributed by atoms with Gasteiger partial charge in [0, 0.05) is 32.1 Å². The first kappa shape index (κ1) is 22.9. The van der Waals surface area contributed by atoms with E-state index in [1.165, 1.54) is 41.2 Å². The number of halogens is 1. The molecule has 1 aliphatic rings. The van der Waals surface area contributed by atoms with Crippen LogP contribution in [-0.4, -0.2) is 52.6 Å². The van der Waals surface area contributed by atoms with Crippen LogP contribution in [0.25, 0.3) is 0 Å². The van der Waals surface area contributed by atoms with Crippen molar-refractivity contribution in [3.8, 4) is 0 Å². The van der Waals surface area contributed by atoms with Crippen molar-refractivity contribution in [1.82, 2.24) is 15.2 Å². The molecular weight excluding hydrogens is 417 g/mol. The smallest absolute Gasteiger partial charge is 0.317 e. The molecule has 32 heavy (non-hydrogen) atoms. The summed E-state index contributed by atoms with van der Waals surface area (Å²) >= 11 is 0. The Balaban J connectivity index is 1.88.